The van der Waals surface area contributed by atoms with Gasteiger partial charge in [-0.15, -0.1) is 23.5 Å². The SMILES string of the molecule is CC1=CC2C3C=C(C)SC3C(C(C)(C)C3CCC4CCCCC43)C2S1.[CH3-].[CH3-].[Cl][Zr+2][Cl]. The molecule has 0 radical (unpaired) electrons. The van der Waals surface area contributed by atoms with Crippen molar-refractivity contribution in [1.82, 2.24) is 0 Å². The third-order valence-corrected chi connectivity index (χ3v) is 11.3. The average molecular weight is 567 g/mol. The number of fused-ring (bicyclic) bond motifs is 4. The third-order valence-electron chi connectivity index (χ3n) is 8.56. The zero-order chi connectivity index (χ0) is 20.1. The van der Waals surface area contributed by atoms with Crippen LogP contribution in [0.5, 0.6) is 0 Å². The second-order valence-electron chi connectivity index (χ2n) is 10.2. The first kappa shape index (κ1) is 27.9. The topological polar surface area (TPSA) is 0 Å². The number of allylic oxidation sites excluding steroid dienone is 4. The Morgan fingerprint density at radius 2 is 1.37 bits per heavy atom. The van der Waals surface area contributed by atoms with Crippen LogP contribution < -0.4 is 0 Å². The summed E-state index contributed by atoms with van der Waals surface area (Å²) < 4.78 is 0. The molecule has 0 aromatic heterocycles. The molecular formula is C25H40Cl2S2Zr. The third kappa shape index (κ3) is 5.01. The van der Waals surface area contributed by atoms with Gasteiger partial charge in [-0.3, -0.25) is 0 Å². The van der Waals surface area contributed by atoms with Gasteiger partial charge in [0.15, 0.2) is 0 Å². The minimum atomic E-state index is -0.826. The summed E-state index contributed by atoms with van der Waals surface area (Å²) in [6.45, 7) is 10.1. The van der Waals surface area contributed by atoms with Gasteiger partial charge in [-0.1, -0.05) is 45.3 Å². The molecule has 0 saturated heterocycles. The molecule has 0 amide bonds. The van der Waals surface area contributed by atoms with Crippen LogP contribution in [0.25, 0.3) is 0 Å². The molecule has 7 atom stereocenters. The van der Waals surface area contributed by atoms with Gasteiger partial charge in [0, 0.05) is 10.5 Å². The van der Waals surface area contributed by atoms with E-state index < -0.39 is 20.8 Å². The predicted molar refractivity (Wildman–Crippen MR) is 137 cm³/mol. The Bertz CT molecular complexity index is 615. The van der Waals surface area contributed by atoms with Gasteiger partial charge >= 0.3 is 37.9 Å². The summed E-state index contributed by atoms with van der Waals surface area (Å²) in [5.41, 5.74) is 0.496. The molecule has 7 unspecified atom stereocenters. The van der Waals surface area contributed by atoms with Crippen LogP contribution in [0.2, 0.25) is 0 Å². The van der Waals surface area contributed by atoms with E-state index in [1.54, 1.807) is 9.81 Å². The molecule has 0 bridgehead atoms. The molecule has 5 rings (SSSR count). The van der Waals surface area contributed by atoms with E-state index in [2.05, 4.69) is 63.4 Å². The van der Waals surface area contributed by atoms with Crippen LogP contribution in [0.15, 0.2) is 22.0 Å². The molecule has 5 heteroatoms. The van der Waals surface area contributed by atoms with Gasteiger partial charge in [0.1, 0.15) is 0 Å². The quantitative estimate of drug-likeness (QED) is 0.305. The van der Waals surface area contributed by atoms with Crippen molar-refractivity contribution in [3.63, 3.8) is 0 Å². The van der Waals surface area contributed by atoms with Gasteiger partial charge in [0.25, 0.3) is 0 Å². The maximum atomic E-state index is 4.93. The summed E-state index contributed by atoms with van der Waals surface area (Å²) in [4.78, 5) is 3.19. The first-order chi connectivity index (χ1) is 13.4. The Kier molecular flexibility index (Phi) is 10.6. The van der Waals surface area contributed by atoms with E-state index in [0.717, 1.165) is 46.0 Å². The Morgan fingerprint density at radius 3 is 1.90 bits per heavy atom. The van der Waals surface area contributed by atoms with Crippen molar-refractivity contribution in [3.8, 4) is 0 Å². The van der Waals surface area contributed by atoms with Gasteiger partial charge in [0.2, 0.25) is 0 Å². The van der Waals surface area contributed by atoms with Crippen molar-refractivity contribution in [2.24, 2.45) is 40.9 Å². The number of halogens is 2. The van der Waals surface area contributed by atoms with Crippen LogP contribution in [-0.4, -0.2) is 10.5 Å². The summed E-state index contributed by atoms with van der Waals surface area (Å²) in [5.74, 6) is 5.59. The predicted octanol–water partition coefficient (Wildman–Crippen LogP) is 9.41. The fourth-order valence-corrected chi connectivity index (χ4v) is 11.2. The summed E-state index contributed by atoms with van der Waals surface area (Å²) in [5, 5.41) is 1.70. The van der Waals surface area contributed by atoms with E-state index in [0.29, 0.717) is 5.41 Å². The van der Waals surface area contributed by atoms with E-state index in [1.807, 2.05) is 0 Å². The van der Waals surface area contributed by atoms with E-state index in [1.165, 1.54) is 38.5 Å². The molecule has 0 aromatic carbocycles. The molecule has 170 valence electrons. The first-order valence-electron chi connectivity index (χ1n) is 11.0. The fourth-order valence-electron chi connectivity index (χ4n) is 7.62. The Hall–Kier alpha value is 1.64. The zero-order valence-corrected chi connectivity index (χ0v) is 25.2. The van der Waals surface area contributed by atoms with Crippen molar-refractivity contribution in [2.75, 3.05) is 0 Å². The van der Waals surface area contributed by atoms with Gasteiger partial charge in [-0.05, 0) is 83.8 Å². The van der Waals surface area contributed by atoms with Gasteiger partial charge in [0.05, 0.1) is 0 Å². The molecule has 2 heterocycles. The van der Waals surface area contributed by atoms with Crippen molar-refractivity contribution in [2.45, 2.75) is 76.7 Å². The molecule has 0 spiro atoms. The van der Waals surface area contributed by atoms with Crippen LogP contribution in [0.4, 0.5) is 0 Å². The Morgan fingerprint density at radius 1 is 0.867 bits per heavy atom. The average Bonchev–Trinajstić information content (AvgIpc) is 3.36. The van der Waals surface area contributed by atoms with Crippen molar-refractivity contribution >= 4 is 40.5 Å². The molecule has 3 fully saturated rings. The molecule has 3 aliphatic carbocycles. The molecule has 0 N–H and O–H groups in total. The molecule has 2 aliphatic heterocycles. The van der Waals surface area contributed by atoms with E-state index in [9.17, 15) is 0 Å². The number of rotatable bonds is 2. The fraction of sp³-hybridized carbons (Fsp3) is 0.760. The summed E-state index contributed by atoms with van der Waals surface area (Å²) in [7, 11) is 9.87. The van der Waals surface area contributed by atoms with Crippen LogP contribution in [-0.2, 0) is 20.8 Å². The van der Waals surface area contributed by atoms with Gasteiger partial charge in [-0.2, -0.15) is 0 Å². The first-order valence-corrected chi connectivity index (χ1v) is 19.1. The molecule has 0 nitrogen and oxygen atoms in total. The molecular weight excluding hydrogens is 527 g/mol. The Balaban J connectivity index is 0.000000607. The zero-order valence-electron chi connectivity index (χ0n) is 19.6. The second-order valence-corrected chi connectivity index (χ2v) is 16.8. The van der Waals surface area contributed by atoms with Gasteiger partial charge in [-0.25, -0.2) is 0 Å². The molecule has 5 aliphatic rings. The monoisotopic (exact) mass is 564 g/mol. The number of hydrogen-bond acceptors (Lipinski definition) is 2. The van der Waals surface area contributed by atoms with Crippen LogP contribution in [0, 0.1) is 55.8 Å². The normalized spacial score (nSPS) is 41.0. The molecule has 3 saturated carbocycles. The standard InChI is InChI=1S/C23H34S2.2CH3.2ClH.Zr/c1-13-11-17-18-12-14(2)25-22(18)20(21(17)24-13)23(3,4)19-10-9-15-7-5-6-8-16(15)19;;;;;/h11-12,15-22H,5-10H2,1-4H3;2*1H3;2*1H;/q;2*-1;;;+4/p-2. The summed E-state index contributed by atoms with van der Waals surface area (Å²) in [6, 6.07) is 0. The van der Waals surface area contributed by atoms with E-state index in [-0.39, 0.29) is 14.9 Å². The number of thioether (sulfide) groups is 2. The van der Waals surface area contributed by atoms with E-state index >= 15 is 0 Å². The Labute approximate surface area is 214 Å². The summed E-state index contributed by atoms with van der Waals surface area (Å²) in [6.07, 6.45) is 14.4. The minimum absolute atomic E-state index is 0. The number of hydrogen-bond donors (Lipinski definition) is 0. The molecule has 0 aromatic rings. The maximum absolute atomic E-state index is 4.93. The van der Waals surface area contributed by atoms with Crippen LogP contribution in [0.3, 0.4) is 0 Å². The van der Waals surface area contributed by atoms with E-state index in [4.69, 9.17) is 17.0 Å². The van der Waals surface area contributed by atoms with Crippen LogP contribution >= 0.6 is 40.5 Å². The van der Waals surface area contributed by atoms with Crippen LogP contribution in [0.1, 0.15) is 66.2 Å². The van der Waals surface area contributed by atoms with Crippen molar-refractivity contribution < 1.29 is 20.8 Å². The van der Waals surface area contributed by atoms with Crippen molar-refractivity contribution in [3.05, 3.63) is 36.8 Å². The summed E-state index contributed by atoms with van der Waals surface area (Å²) >= 11 is 3.65. The van der Waals surface area contributed by atoms with Gasteiger partial charge < -0.3 is 14.9 Å². The second kappa shape index (κ2) is 11.4. The molecule has 30 heavy (non-hydrogen) atoms. The van der Waals surface area contributed by atoms with Crippen molar-refractivity contribution in [1.29, 1.82) is 0 Å².